The van der Waals surface area contributed by atoms with Crippen molar-refractivity contribution in [1.29, 1.82) is 0 Å². The molecule has 0 unspecified atom stereocenters. The number of unbranched alkanes of at least 4 members (excludes halogenated alkanes) is 1. The van der Waals surface area contributed by atoms with E-state index in [0.717, 1.165) is 31.6 Å². The van der Waals surface area contributed by atoms with Crippen molar-refractivity contribution < 1.29 is 8.78 Å². The molecule has 1 aromatic carbocycles. The van der Waals surface area contributed by atoms with E-state index in [1.807, 2.05) is 0 Å². The van der Waals surface area contributed by atoms with Gasteiger partial charge in [-0.1, -0.05) is 32.3 Å². The molecule has 1 nitrogen and oxygen atoms in total. The third-order valence-electron chi connectivity index (χ3n) is 5.18. The van der Waals surface area contributed by atoms with Gasteiger partial charge in [0, 0.05) is 5.56 Å². The molecule has 1 aliphatic rings. The van der Waals surface area contributed by atoms with Crippen molar-refractivity contribution in [2.24, 2.45) is 17.1 Å². The zero-order valence-electron chi connectivity index (χ0n) is 13.0. The summed E-state index contributed by atoms with van der Waals surface area (Å²) in [6.07, 6.45) is 8.51. The molecule has 0 amide bonds. The average molecular weight is 295 g/mol. The molecule has 2 N–H and O–H groups in total. The fourth-order valence-electron chi connectivity index (χ4n) is 3.60. The van der Waals surface area contributed by atoms with Crippen molar-refractivity contribution in [3.63, 3.8) is 0 Å². The summed E-state index contributed by atoms with van der Waals surface area (Å²) in [6, 6.07) is 4.11. The molecule has 2 rings (SSSR count). The van der Waals surface area contributed by atoms with Crippen LogP contribution in [-0.4, -0.2) is 6.54 Å². The normalized spacial score (nSPS) is 26.0. The molecular weight excluding hydrogens is 268 g/mol. The van der Waals surface area contributed by atoms with E-state index in [1.165, 1.54) is 37.5 Å². The van der Waals surface area contributed by atoms with Gasteiger partial charge in [0.1, 0.15) is 11.6 Å². The Labute approximate surface area is 126 Å². The van der Waals surface area contributed by atoms with Crippen LogP contribution >= 0.6 is 0 Å². The van der Waals surface area contributed by atoms with Gasteiger partial charge in [0.2, 0.25) is 0 Å². The third-order valence-corrected chi connectivity index (χ3v) is 5.18. The minimum atomic E-state index is -0.434. The lowest BCUT2D eigenvalue weighted by molar-refractivity contribution is 0.147. The minimum absolute atomic E-state index is 0.119. The predicted molar refractivity (Wildman–Crippen MR) is 83.0 cm³/mol. The van der Waals surface area contributed by atoms with Crippen LogP contribution in [0.15, 0.2) is 18.2 Å². The highest BCUT2D eigenvalue weighted by Gasteiger charge is 2.35. The van der Waals surface area contributed by atoms with Gasteiger partial charge in [0.05, 0.1) is 0 Å². The van der Waals surface area contributed by atoms with Crippen molar-refractivity contribution in [3.8, 4) is 0 Å². The van der Waals surface area contributed by atoms with Gasteiger partial charge >= 0.3 is 0 Å². The number of hydrogen-bond donors (Lipinski definition) is 1. The van der Waals surface area contributed by atoms with Crippen LogP contribution in [0.1, 0.15) is 57.4 Å². The second kappa shape index (κ2) is 7.35. The highest BCUT2D eigenvalue weighted by molar-refractivity contribution is 5.21. The molecule has 0 saturated heterocycles. The largest absolute Gasteiger partial charge is 0.330 e. The van der Waals surface area contributed by atoms with Gasteiger partial charge in [-0.15, -0.1) is 0 Å². The molecular formula is C18H27F2N. The Morgan fingerprint density at radius 3 is 2.33 bits per heavy atom. The molecule has 1 aromatic rings. The van der Waals surface area contributed by atoms with Crippen molar-refractivity contribution in [3.05, 3.63) is 35.4 Å². The Hall–Kier alpha value is -0.960. The van der Waals surface area contributed by atoms with E-state index in [4.69, 9.17) is 5.73 Å². The van der Waals surface area contributed by atoms with E-state index >= 15 is 0 Å². The summed E-state index contributed by atoms with van der Waals surface area (Å²) in [5, 5.41) is 0. The SMILES string of the molecule is CCCCC1CCC(CN)(Cc2c(F)cccc2F)CC1. The Kier molecular flexibility index (Phi) is 5.74. The molecule has 0 bridgehead atoms. The van der Waals surface area contributed by atoms with E-state index < -0.39 is 11.6 Å². The van der Waals surface area contributed by atoms with E-state index in [9.17, 15) is 8.78 Å². The van der Waals surface area contributed by atoms with Crippen molar-refractivity contribution in [1.82, 2.24) is 0 Å². The summed E-state index contributed by atoms with van der Waals surface area (Å²) < 4.78 is 27.7. The molecule has 0 atom stereocenters. The van der Waals surface area contributed by atoms with Crippen LogP contribution in [0.4, 0.5) is 8.78 Å². The topological polar surface area (TPSA) is 26.0 Å². The zero-order valence-corrected chi connectivity index (χ0v) is 13.0. The number of halogens is 2. The van der Waals surface area contributed by atoms with Crippen molar-refractivity contribution in [2.45, 2.75) is 58.3 Å². The van der Waals surface area contributed by atoms with Gasteiger partial charge in [-0.3, -0.25) is 0 Å². The van der Waals surface area contributed by atoms with E-state index in [1.54, 1.807) is 0 Å². The van der Waals surface area contributed by atoms with Crippen LogP contribution in [0.2, 0.25) is 0 Å². The molecule has 1 fully saturated rings. The molecule has 1 aliphatic carbocycles. The van der Waals surface area contributed by atoms with Gasteiger partial charge in [0.15, 0.2) is 0 Å². The van der Waals surface area contributed by atoms with Crippen LogP contribution in [0.5, 0.6) is 0 Å². The molecule has 3 heteroatoms. The van der Waals surface area contributed by atoms with Crippen LogP contribution in [0, 0.1) is 23.0 Å². The van der Waals surface area contributed by atoms with Gasteiger partial charge in [-0.05, 0) is 62.1 Å². The quantitative estimate of drug-likeness (QED) is 0.799. The molecule has 1 saturated carbocycles. The molecule has 0 heterocycles. The summed E-state index contributed by atoms with van der Waals surface area (Å²) in [5.41, 5.74) is 6.09. The minimum Gasteiger partial charge on any atom is -0.330 e. The maximum absolute atomic E-state index is 13.9. The first-order valence-electron chi connectivity index (χ1n) is 8.23. The summed E-state index contributed by atoms with van der Waals surface area (Å²) in [4.78, 5) is 0. The summed E-state index contributed by atoms with van der Waals surface area (Å²) in [7, 11) is 0. The van der Waals surface area contributed by atoms with Gasteiger partial charge in [-0.2, -0.15) is 0 Å². The lowest BCUT2D eigenvalue weighted by Gasteiger charge is -2.40. The van der Waals surface area contributed by atoms with Gasteiger partial charge in [-0.25, -0.2) is 8.78 Å². The molecule has 21 heavy (non-hydrogen) atoms. The molecule has 118 valence electrons. The van der Waals surface area contributed by atoms with E-state index in [2.05, 4.69) is 6.92 Å². The lowest BCUT2D eigenvalue weighted by Crippen LogP contribution is -2.37. The maximum Gasteiger partial charge on any atom is 0.129 e. The lowest BCUT2D eigenvalue weighted by atomic mass is 9.66. The van der Waals surface area contributed by atoms with Gasteiger partial charge in [0.25, 0.3) is 0 Å². The molecule has 0 spiro atoms. The first-order chi connectivity index (χ1) is 10.1. The standard InChI is InChI=1S/C18H27F2N/c1-2-3-5-14-8-10-18(13-21,11-9-14)12-15-16(19)6-4-7-17(15)20/h4,6-7,14H,2-3,5,8-13,21H2,1H3. The predicted octanol–water partition coefficient (Wildman–Crippen LogP) is 4.83. The summed E-state index contributed by atoms with van der Waals surface area (Å²) in [6.45, 7) is 2.73. The molecule has 0 aliphatic heterocycles. The molecule has 0 aromatic heterocycles. The number of hydrogen-bond acceptors (Lipinski definition) is 1. The second-order valence-electron chi connectivity index (χ2n) is 6.67. The highest BCUT2D eigenvalue weighted by atomic mass is 19.1. The number of benzene rings is 1. The zero-order chi connectivity index (χ0) is 15.3. The van der Waals surface area contributed by atoms with E-state index in [-0.39, 0.29) is 11.0 Å². The second-order valence-corrected chi connectivity index (χ2v) is 6.67. The Bertz CT molecular complexity index is 430. The average Bonchev–Trinajstić information content (AvgIpc) is 2.50. The van der Waals surface area contributed by atoms with Crippen LogP contribution in [-0.2, 0) is 6.42 Å². The molecule has 0 radical (unpaired) electrons. The first kappa shape index (κ1) is 16.4. The summed E-state index contributed by atoms with van der Waals surface area (Å²) >= 11 is 0. The van der Waals surface area contributed by atoms with Crippen molar-refractivity contribution >= 4 is 0 Å². The number of nitrogens with two attached hydrogens (primary N) is 1. The number of rotatable bonds is 6. The van der Waals surface area contributed by atoms with E-state index in [0.29, 0.717) is 13.0 Å². The third kappa shape index (κ3) is 4.03. The fraction of sp³-hybridized carbons (Fsp3) is 0.667. The monoisotopic (exact) mass is 295 g/mol. The fourth-order valence-corrected chi connectivity index (χ4v) is 3.60. The first-order valence-corrected chi connectivity index (χ1v) is 8.23. The van der Waals surface area contributed by atoms with Crippen LogP contribution in [0.25, 0.3) is 0 Å². The highest BCUT2D eigenvalue weighted by Crippen LogP contribution is 2.42. The Morgan fingerprint density at radius 2 is 1.81 bits per heavy atom. The maximum atomic E-state index is 13.9. The smallest absolute Gasteiger partial charge is 0.129 e. The van der Waals surface area contributed by atoms with Gasteiger partial charge < -0.3 is 5.73 Å². The summed E-state index contributed by atoms with van der Waals surface area (Å²) in [5.74, 6) is -0.0954. The Balaban J connectivity index is 2.03. The van der Waals surface area contributed by atoms with Crippen molar-refractivity contribution in [2.75, 3.05) is 6.54 Å². The Morgan fingerprint density at radius 1 is 1.19 bits per heavy atom. The van der Waals surface area contributed by atoms with Crippen LogP contribution in [0.3, 0.4) is 0 Å². The van der Waals surface area contributed by atoms with Crippen LogP contribution < -0.4 is 5.73 Å².